The highest BCUT2D eigenvalue weighted by Gasteiger charge is 2.18. The number of hydrogen-bond acceptors (Lipinski definition) is 4. The van der Waals surface area contributed by atoms with Crippen molar-refractivity contribution in [1.82, 2.24) is 5.32 Å². The van der Waals surface area contributed by atoms with Gasteiger partial charge in [0.25, 0.3) is 5.91 Å². The molecule has 0 saturated heterocycles. The number of carbonyl (C=O) groups is 1. The molecule has 5 heteroatoms. The third kappa shape index (κ3) is 3.31. The molecule has 0 spiro atoms. The number of amides is 1. The van der Waals surface area contributed by atoms with Gasteiger partial charge < -0.3 is 15.2 Å². The average molecular weight is 317 g/mol. The molecule has 0 atom stereocenters. The zero-order chi connectivity index (χ0) is 15.4. The Balaban J connectivity index is 1.63. The molecule has 0 bridgehead atoms. The maximum atomic E-state index is 12.3. The molecule has 1 aromatic carbocycles. The SMILES string of the molecule is O=C(NCc1ccccc1OCCO)c1cc2c(s1)CCC2. The van der Waals surface area contributed by atoms with E-state index in [0.717, 1.165) is 23.3 Å². The predicted molar refractivity (Wildman–Crippen MR) is 86.5 cm³/mol. The van der Waals surface area contributed by atoms with Gasteiger partial charge in [0.2, 0.25) is 0 Å². The van der Waals surface area contributed by atoms with Crippen LogP contribution < -0.4 is 10.1 Å². The van der Waals surface area contributed by atoms with E-state index >= 15 is 0 Å². The summed E-state index contributed by atoms with van der Waals surface area (Å²) in [5.74, 6) is 0.668. The van der Waals surface area contributed by atoms with Crippen molar-refractivity contribution < 1.29 is 14.6 Å². The van der Waals surface area contributed by atoms with Crippen LogP contribution in [0.25, 0.3) is 0 Å². The molecule has 4 nitrogen and oxygen atoms in total. The van der Waals surface area contributed by atoms with Crippen LogP contribution in [0.3, 0.4) is 0 Å². The van der Waals surface area contributed by atoms with E-state index < -0.39 is 0 Å². The number of nitrogens with one attached hydrogen (secondary N) is 1. The summed E-state index contributed by atoms with van der Waals surface area (Å²) in [4.78, 5) is 14.4. The van der Waals surface area contributed by atoms with E-state index in [1.807, 2.05) is 30.3 Å². The van der Waals surface area contributed by atoms with Crippen molar-refractivity contribution in [2.24, 2.45) is 0 Å². The van der Waals surface area contributed by atoms with Crippen molar-refractivity contribution in [2.75, 3.05) is 13.2 Å². The van der Waals surface area contributed by atoms with Gasteiger partial charge in [-0.25, -0.2) is 0 Å². The Morgan fingerprint density at radius 2 is 2.18 bits per heavy atom. The van der Waals surface area contributed by atoms with Crippen LogP contribution in [-0.4, -0.2) is 24.2 Å². The molecule has 2 aromatic rings. The van der Waals surface area contributed by atoms with Crippen LogP contribution in [0.15, 0.2) is 30.3 Å². The Morgan fingerprint density at radius 3 is 3.00 bits per heavy atom. The molecule has 1 aliphatic rings. The van der Waals surface area contributed by atoms with E-state index in [0.29, 0.717) is 12.3 Å². The summed E-state index contributed by atoms with van der Waals surface area (Å²) in [6.07, 6.45) is 3.40. The summed E-state index contributed by atoms with van der Waals surface area (Å²) in [7, 11) is 0. The number of aliphatic hydroxyl groups is 1. The average Bonchev–Trinajstić information content (AvgIpc) is 3.13. The minimum Gasteiger partial charge on any atom is -0.491 e. The fourth-order valence-electron chi connectivity index (χ4n) is 2.65. The molecule has 0 unspecified atom stereocenters. The van der Waals surface area contributed by atoms with Gasteiger partial charge in [-0.05, 0) is 37.0 Å². The second kappa shape index (κ2) is 6.94. The van der Waals surface area contributed by atoms with Crippen molar-refractivity contribution in [3.8, 4) is 5.75 Å². The van der Waals surface area contributed by atoms with Gasteiger partial charge in [0.1, 0.15) is 12.4 Å². The van der Waals surface area contributed by atoms with Gasteiger partial charge in [-0.1, -0.05) is 18.2 Å². The van der Waals surface area contributed by atoms with Crippen LogP contribution in [0.2, 0.25) is 0 Å². The van der Waals surface area contributed by atoms with Crippen LogP contribution in [-0.2, 0) is 19.4 Å². The molecule has 1 aromatic heterocycles. The lowest BCUT2D eigenvalue weighted by atomic mass is 10.2. The Bertz CT molecular complexity index is 644. The number of thiophene rings is 1. The maximum absolute atomic E-state index is 12.3. The molecule has 1 amide bonds. The normalized spacial score (nSPS) is 13.0. The fourth-order valence-corrected chi connectivity index (χ4v) is 3.82. The number of hydrogen-bond donors (Lipinski definition) is 2. The lowest BCUT2D eigenvalue weighted by Crippen LogP contribution is -2.22. The maximum Gasteiger partial charge on any atom is 0.261 e. The predicted octanol–water partition coefficient (Wildman–Crippen LogP) is 2.54. The highest BCUT2D eigenvalue weighted by atomic mass is 32.1. The molecule has 3 rings (SSSR count). The molecular weight excluding hydrogens is 298 g/mol. The Hall–Kier alpha value is -1.85. The lowest BCUT2D eigenvalue weighted by molar-refractivity contribution is 0.0954. The number of para-hydroxylation sites is 1. The fraction of sp³-hybridized carbons (Fsp3) is 0.353. The second-order valence-electron chi connectivity index (χ2n) is 5.28. The summed E-state index contributed by atoms with van der Waals surface area (Å²) in [5.41, 5.74) is 2.25. The van der Waals surface area contributed by atoms with E-state index in [4.69, 9.17) is 9.84 Å². The number of aryl methyl sites for hydroxylation is 2. The van der Waals surface area contributed by atoms with E-state index in [2.05, 4.69) is 5.32 Å². The lowest BCUT2D eigenvalue weighted by Gasteiger charge is -2.11. The first-order valence-electron chi connectivity index (χ1n) is 7.49. The standard InChI is InChI=1S/C17H19NO3S/c19-8-9-21-14-6-2-1-4-13(14)11-18-17(20)16-10-12-5-3-7-15(12)22-16/h1-2,4,6,10,19H,3,5,7-9,11H2,(H,18,20). The van der Waals surface area contributed by atoms with E-state index in [-0.39, 0.29) is 19.1 Å². The van der Waals surface area contributed by atoms with Gasteiger partial charge >= 0.3 is 0 Å². The number of ether oxygens (including phenoxy) is 1. The third-order valence-corrected chi connectivity index (χ3v) is 4.97. The Labute approximate surface area is 133 Å². The summed E-state index contributed by atoms with van der Waals surface area (Å²) in [6.45, 7) is 0.646. The van der Waals surface area contributed by atoms with Crippen LogP contribution in [0, 0.1) is 0 Å². The first-order chi connectivity index (χ1) is 10.8. The smallest absolute Gasteiger partial charge is 0.261 e. The number of fused-ring (bicyclic) bond motifs is 1. The number of carbonyl (C=O) groups excluding carboxylic acids is 1. The van der Waals surface area contributed by atoms with Crippen molar-refractivity contribution in [3.05, 3.63) is 51.2 Å². The summed E-state index contributed by atoms with van der Waals surface area (Å²) >= 11 is 1.61. The van der Waals surface area contributed by atoms with Crippen LogP contribution in [0.1, 0.15) is 32.1 Å². The van der Waals surface area contributed by atoms with Crippen LogP contribution in [0.5, 0.6) is 5.75 Å². The van der Waals surface area contributed by atoms with E-state index in [1.54, 1.807) is 11.3 Å². The molecule has 0 fully saturated rings. The van der Waals surface area contributed by atoms with Crippen molar-refractivity contribution in [2.45, 2.75) is 25.8 Å². The van der Waals surface area contributed by atoms with Gasteiger partial charge in [-0.15, -0.1) is 11.3 Å². The Morgan fingerprint density at radius 1 is 1.32 bits per heavy atom. The highest BCUT2D eigenvalue weighted by molar-refractivity contribution is 7.14. The van der Waals surface area contributed by atoms with Crippen molar-refractivity contribution >= 4 is 17.2 Å². The number of aliphatic hydroxyl groups excluding tert-OH is 1. The summed E-state index contributed by atoms with van der Waals surface area (Å²) < 4.78 is 5.48. The topological polar surface area (TPSA) is 58.6 Å². The molecule has 0 aliphatic heterocycles. The van der Waals surface area contributed by atoms with Crippen LogP contribution in [0.4, 0.5) is 0 Å². The van der Waals surface area contributed by atoms with Crippen molar-refractivity contribution in [1.29, 1.82) is 0 Å². The zero-order valence-corrected chi connectivity index (χ0v) is 13.1. The molecule has 22 heavy (non-hydrogen) atoms. The van der Waals surface area contributed by atoms with Crippen molar-refractivity contribution in [3.63, 3.8) is 0 Å². The quantitative estimate of drug-likeness (QED) is 0.861. The minimum absolute atomic E-state index is 0.0263. The van der Waals surface area contributed by atoms with Gasteiger partial charge in [0.15, 0.2) is 0 Å². The Kier molecular flexibility index (Phi) is 4.75. The number of rotatable bonds is 6. The molecule has 0 radical (unpaired) electrons. The van der Waals surface area contributed by atoms with E-state index in [1.165, 1.54) is 16.9 Å². The molecule has 1 aliphatic carbocycles. The summed E-state index contributed by atoms with van der Waals surface area (Å²) in [5, 5.41) is 11.8. The molecule has 2 N–H and O–H groups in total. The van der Waals surface area contributed by atoms with Gasteiger partial charge in [0, 0.05) is 17.0 Å². The largest absolute Gasteiger partial charge is 0.491 e. The summed E-state index contributed by atoms with van der Waals surface area (Å²) in [6, 6.07) is 9.57. The highest BCUT2D eigenvalue weighted by Crippen LogP contribution is 2.30. The second-order valence-corrected chi connectivity index (χ2v) is 6.41. The van der Waals surface area contributed by atoms with E-state index in [9.17, 15) is 4.79 Å². The molecule has 116 valence electrons. The van der Waals surface area contributed by atoms with Gasteiger partial charge in [-0.3, -0.25) is 4.79 Å². The van der Waals surface area contributed by atoms with Crippen LogP contribution >= 0.6 is 11.3 Å². The first-order valence-corrected chi connectivity index (χ1v) is 8.31. The van der Waals surface area contributed by atoms with Gasteiger partial charge in [-0.2, -0.15) is 0 Å². The third-order valence-electron chi connectivity index (χ3n) is 3.73. The zero-order valence-electron chi connectivity index (χ0n) is 12.3. The molecular formula is C17H19NO3S. The monoisotopic (exact) mass is 317 g/mol. The molecule has 1 heterocycles. The van der Waals surface area contributed by atoms with Gasteiger partial charge in [0.05, 0.1) is 11.5 Å². The number of benzene rings is 1. The first kappa shape index (κ1) is 15.1. The minimum atomic E-state index is -0.0311. The molecule has 0 saturated carbocycles.